The van der Waals surface area contributed by atoms with Crippen molar-refractivity contribution in [1.82, 2.24) is 14.5 Å². The summed E-state index contributed by atoms with van der Waals surface area (Å²) in [6.45, 7) is 5.42. The summed E-state index contributed by atoms with van der Waals surface area (Å²) in [4.78, 5) is 12.8. The Morgan fingerprint density at radius 2 is 1.85 bits per heavy atom. The summed E-state index contributed by atoms with van der Waals surface area (Å²) in [6, 6.07) is 9.08. The Morgan fingerprint density at radius 1 is 1.08 bits per heavy atom. The first-order valence-electron chi connectivity index (χ1n) is 13.0. The van der Waals surface area contributed by atoms with Crippen molar-refractivity contribution in [2.75, 3.05) is 33.4 Å². The van der Waals surface area contributed by atoms with Crippen LogP contribution >= 0.6 is 0 Å². The molecule has 0 N–H and O–H groups in total. The summed E-state index contributed by atoms with van der Waals surface area (Å²) >= 11 is 0. The van der Waals surface area contributed by atoms with E-state index in [1.54, 1.807) is 7.11 Å². The number of oxime groups is 1. The number of amidine groups is 1. The number of ether oxygens (including phenoxy) is 2. The molecule has 1 spiro atoms. The van der Waals surface area contributed by atoms with Gasteiger partial charge in [0.05, 0.1) is 44.6 Å². The minimum Gasteiger partial charge on any atom is -0.495 e. The molecular weight excluding hydrogens is 509 g/mol. The highest BCUT2D eigenvalue weighted by Gasteiger charge is 2.42. The molecule has 0 saturated carbocycles. The predicted molar refractivity (Wildman–Crippen MR) is 141 cm³/mol. The Bertz CT molecular complexity index is 1360. The third kappa shape index (κ3) is 5.95. The molecule has 0 radical (unpaired) electrons. The van der Waals surface area contributed by atoms with Crippen molar-refractivity contribution in [2.24, 2.45) is 5.16 Å². The number of imidazole rings is 1. The maximum atomic E-state index is 12.0. The van der Waals surface area contributed by atoms with E-state index in [0.29, 0.717) is 0 Å². The molecule has 0 bridgehead atoms. The van der Waals surface area contributed by atoms with Gasteiger partial charge in [0.1, 0.15) is 5.75 Å². The largest absolute Gasteiger partial charge is 0.495 e. The molecule has 1 aromatic heterocycles. The normalized spacial score (nSPS) is 19.1. The van der Waals surface area contributed by atoms with E-state index < -0.39 is 17.5 Å². The molecule has 3 aliphatic rings. The number of piperidine rings is 1. The lowest BCUT2D eigenvalue weighted by Crippen LogP contribution is -2.54. The van der Waals surface area contributed by atoms with Crippen molar-refractivity contribution in [1.29, 1.82) is 0 Å². The highest BCUT2D eigenvalue weighted by Crippen LogP contribution is 2.34. The second kappa shape index (κ2) is 11.5. The standard InChI is InChI=1S/C23H28N4O3.C6H3F3/c1-17-14-27(16-24-17)20-6-5-18(13-21(20)28-2)12-19-4-3-9-26-15-23(30-25-22(19)26)7-10-29-11-8-23;7-4-2-1-3-5(8)6(4)9/h5-6,12-14,16H,3-4,7-11,15H2,1-2H3;1-3H/b19-12+;. The molecule has 7 nitrogen and oxygen atoms in total. The molecule has 0 amide bonds. The Balaban J connectivity index is 0.000000292. The van der Waals surface area contributed by atoms with E-state index in [0.717, 1.165) is 98.7 Å². The molecule has 2 fully saturated rings. The Morgan fingerprint density at radius 3 is 2.51 bits per heavy atom. The van der Waals surface area contributed by atoms with Crippen LogP contribution in [0, 0.1) is 24.4 Å². The second-order valence-corrected chi connectivity index (χ2v) is 9.89. The smallest absolute Gasteiger partial charge is 0.194 e. The van der Waals surface area contributed by atoms with Gasteiger partial charge >= 0.3 is 0 Å². The van der Waals surface area contributed by atoms with E-state index in [4.69, 9.17) is 14.3 Å². The van der Waals surface area contributed by atoms with Crippen molar-refractivity contribution in [3.63, 3.8) is 0 Å². The molecule has 10 heteroatoms. The number of hydrogen-bond donors (Lipinski definition) is 0. The first-order chi connectivity index (χ1) is 18.9. The van der Waals surface area contributed by atoms with Crippen LogP contribution in [-0.2, 0) is 9.57 Å². The lowest BCUT2D eigenvalue weighted by molar-refractivity contribution is -0.129. The van der Waals surface area contributed by atoms with Crippen molar-refractivity contribution in [2.45, 2.75) is 38.2 Å². The second-order valence-electron chi connectivity index (χ2n) is 9.89. The number of nitrogens with zero attached hydrogens (tertiary/aromatic N) is 4. The van der Waals surface area contributed by atoms with Crippen LogP contribution in [0.1, 0.15) is 36.9 Å². The topological polar surface area (TPSA) is 61.1 Å². The number of benzene rings is 2. The van der Waals surface area contributed by atoms with Crippen LogP contribution in [0.15, 0.2) is 59.7 Å². The van der Waals surface area contributed by atoms with Crippen LogP contribution in [-0.4, -0.2) is 59.3 Å². The SMILES string of the molecule is COc1cc(/C=C2\CCCN3CC4(CCOCC4)ON=C23)ccc1-n1cnc(C)c1.Fc1cccc(F)c1F. The Labute approximate surface area is 225 Å². The van der Waals surface area contributed by atoms with Gasteiger partial charge in [-0.3, -0.25) is 0 Å². The zero-order chi connectivity index (χ0) is 27.4. The molecule has 4 heterocycles. The molecule has 3 aliphatic heterocycles. The van der Waals surface area contributed by atoms with Gasteiger partial charge in [-0.15, -0.1) is 0 Å². The van der Waals surface area contributed by atoms with E-state index in [9.17, 15) is 13.2 Å². The Hall–Kier alpha value is -3.79. The molecule has 0 atom stereocenters. The van der Waals surface area contributed by atoms with Gasteiger partial charge in [0, 0.05) is 25.6 Å². The fourth-order valence-electron chi connectivity index (χ4n) is 5.03. The monoisotopic (exact) mass is 540 g/mol. The van der Waals surface area contributed by atoms with Gasteiger partial charge in [-0.25, -0.2) is 18.2 Å². The zero-order valence-electron chi connectivity index (χ0n) is 22.0. The highest BCUT2D eigenvalue weighted by atomic mass is 19.2. The van der Waals surface area contributed by atoms with Crippen LogP contribution in [0.2, 0.25) is 0 Å². The molecule has 2 aromatic carbocycles. The van der Waals surface area contributed by atoms with E-state index >= 15 is 0 Å². The lowest BCUT2D eigenvalue weighted by Gasteiger charge is -2.45. The summed E-state index contributed by atoms with van der Waals surface area (Å²) in [7, 11) is 1.70. The van der Waals surface area contributed by atoms with E-state index in [2.05, 4.69) is 39.3 Å². The molecule has 3 aromatic rings. The number of methoxy groups -OCH3 is 1. The number of rotatable bonds is 3. The fourth-order valence-corrected chi connectivity index (χ4v) is 5.03. The van der Waals surface area contributed by atoms with Gasteiger partial charge in [-0.1, -0.05) is 17.3 Å². The third-order valence-corrected chi connectivity index (χ3v) is 7.11. The van der Waals surface area contributed by atoms with Gasteiger partial charge in [0.2, 0.25) is 0 Å². The lowest BCUT2D eigenvalue weighted by atomic mass is 9.91. The van der Waals surface area contributed by atoms with Crippen molar-refractivity contribution in [3.05, 3.63) is 83.2 Å². The van der Waals surface area contributed by atoms with Crippen LogP contribution in [0.3, 0.4) is 0 Å². The first-order valence-corrected chi connectivity index (χ1v) is 13.0. The summed E-state index contributed by atoms with van der Waals surface area (Å²) < 4.78 is 49.1. The van der Waals surface area contributed by atoms with Crippen LogP contribution < -0.4 is 4.74 Å². The van der Waals surface area contributed by atoms with Crippen molar-refractivity contribution < 1.29 is 27.5 Å². The minimum absolute atomic E-state index is 0.183. The maximum absolute atomic E-state index is 12.0. The molecule has 206 valence electrons. The van der Waals surface area contributed by atoms with E-state index in [-0.39, 0.29) is 5.60 Å². The number of aryl methyl sites for hydroxylation is 1. The molecular formula is C29H31F3N4O3. The van der Waals surface area contributed by atoms with Crippen molar-refractivity contribution >= 4 is 11.9 Å². The summed E-state index contributed by atoms with van der Waals surface area (Å²) in [6.07, 6.45) is 9.96. The number of hydrogen-bond acceptors (Lipinski definition) is 6. The van der Waals surface area contributed by atoms with Crippen LogP contribution in [0.25, 0.3) is 11.8 Å². The number of aromatic nitrogens is 2. The molecule has 2 saturated heterocycles. The van der Waals surface area contributed by atoms with Crippen molar-refractivity contribution in [3.8, 4) is 11.4 Å². The van der Waals surface area contributed by atoms with Crippen LogP contribution in [0.4, 0.5) is 13.2 Å². The van der Waals surface area contributed by atoms with Gasteiger partial charge in [0.25, 0.3) is 0 Å². The summed E-state index contributed by atoms with van der Waals surface area (Å²) in [5, 5.41) is 4.59. The molecule has 0 aliphatic carbocycles. The van der Waals surface area contributed by atoms with Crippen LogP contribution in [0.5, 0.6) is 5.75 Å². The number of fused-ring (bicyclic) bond motifs is 1. The Kier molecular flexibility index (Phi) is 7.92. The van der Waals surface area contributed by atoms with E-state index in [1.165, 1.54) is 5.57 Å². The average molecular weight is 541 g/mol. The number of halogens is 3. The fraction of sp³-hybridized carbons (Fsp3) is 0.379. The first kappa shape index (κ1) is 26.8. The molecule has 6 rings (SSSR count). The van der Waals surface area contributed by atoms with E-state index in [1.807, 2.05) is 24.0 Å². The van der Waals surface area contributed by atoms with Gasteiger partial charge < -0.3 is 23.8 Å². The summed E-state index contributed by atoms with van der Waals surface area (Å²) in [5.41, 5.74) is 4.08. The quantitative estimate of drug-likeness (QED) is 0.401. The minimum atomic E-state index is -1.42. The molecule has 0 unspecified atom stereocenters. The third-order valence-electron chi connectivity index (χ3n) is 7.11. The van der Waals surface area contributed by atoms with Gasteiger partial charge in [0.15, 0.2) is 28.9 Å². The highest BCUT2D eigenvalue weighted by molar-refractivity contribution is 6.02. The maximum Gasteiger partial charge on any atom is 0.194 e. The predicted octanol–water partition coefficient (Wildman–Crippen LogP) is 5.67. The molecule has 39 heavy (non-hydrogen) atoms. The van der Waals surface area contributed by atoms with Gasteiger partial charge in [-0.05, 0) is 61.2 Å². The summed E-state index contributed by atoms with van der Waals surface area (Å²) in [5.74, 6) is -1.94. The van der Waals surface area contributed by atoms with Gasteiger partial charge in [-0.2, -0.15) is 0 Å². The zero-order valence-corrected chi connectivity index (χ0v) is 22.0. The average Bonchev–Trinajstić information content (AvgIpc) is 3.38.